The second-order valence-electron chi connectivity index (χ2n) is 20.6. The van der Waals surface area contributed by atoms with E-state index in [-0.39, 0.29) is 23.7 Å². The van der Waals surface area contributed by atoms with Crippen LogP contribution < -0.4 is 0 Å². The molecule has 0 unspecified atom stereocenters. The lowest BCUT2D eigenvalue weighted by Gasteiger charge is -2.60. The topological polar surface area (TPSA) is 154 Å². The number of aromatic nitrogens is 6. The minimum Gasteiger partial charge on any atom is -0.346 e. The summed E-state index contributed by atoms with van der Waals surface area (Å²) in [6, 6.07) is 0. The average Bonchev–Trinajstić information content (AvgIpc) is 3.76. The number of unbranched alkanes of at least 4 members (excludes halogenated alkanes) is 6. The number of aryl methyl sites for hydroxylation is 2. The second-order valence-corrected chi connectivity index (χ2v) is 20.6. The van der Waals surface area contributed by atoms with E-state index >= 15 is 0 Å². The van der Waals surface area contributed by atoms with E-state index in [2.05, 4.69) is 48.3 Å². The van der Waals surface area contributed by atoms with Gasteiger partial charge in [0.15, 0.2) is 36.4 Å². The van der Waals surface area contributed by atoms with Crippen molar-refractivity contribution in [3.63, 3.8) is 0 Å². The maximum atomic E-state index is 6.57. The summed E-state index contributed by atoms with van der Waals surface area (Å²) in [6.07, 6.45) is 18.3. The summed E-state index contributed by atoms with van der Waals surface area (Å²) in [5.74, 6) is 0.880. The zero-order valence-corrected chi connectivity index (χ0v) is 37.3. The van der Waals surface area contributed by atoms with E-state index in [0.29, 0.717) is 36.9 Å². The molecule has 2 spiro atoms. The van der Waals surface area contributed by atoms with Gasteiger partial charge in [0.1, 0.15) is 11.4 Å². The Morgan fingerprint density at radius 2 is 0.984 bits per heavy atom. The van der Waals surface area contributed by atoms with Crippen LogP contribution in [-0.4, -0.2) is 77.9 Å². The van der Waals surface area contributed by atoms with Crippen molar-refractivity contribution in [1.82, 2.24) is 30.0 Å². The molecule has 10 heterocycles. The van der Waals surface area contributed by atoms with Crippen molar-refractivity contribution in [3.8, 4) is 0 Å². The summed E-state index contributed by atoms with van der Waals surface area (Å²) < 4.78 is 42.8. The van der Waals surface area contributed by atoms with E-state index in [0.717, 1.165) is 88.7 Å². The number of hydrogen-bond donors (Lipinski definition) is 0. The lowest BCUT2D eigenvalue weighted by atomic mass is 9.58. The Labute approximate surface area is 360 Å². The third kappa shape index (κ3) is 7.84. The fourth-order valence-electron chi connectivity index (χ4n) is 12.9. The number of fused-ring (bicyclic) bond motifs is 4. The molecule has 2 saturated carbocycles. The molecule has 0 aromatic carbocycles. The van der Waals surface area contributed by atoms with Crippen molar-refractivity contribution in [3.05, 3.63) is 23.8 Å². The molecule has 340 valence electrons. The smallest absolute Gasteiger partial charge is 0.201 e. The predicted octanol–water partition coefficient (Wildman–Crippen LogP) is 7.75. The van der Waals surface area contributed by atoms with E-state index in [9.17, 15) is 0 Å². The van der Waals surface area contributed by atoms with Gasteiger partial charge in [0.2, 0.25) is 11.6 Å². The molecule has 16 nitrogen and oxygen atoms in total. The van der Waals surface area contributed by atoms with Crippen LogP contribution in [0, 0.1) is 47.3 Å². The number of nitrogens with zero attached hydrogens (tertiary/aromatic N) is 6. The zero-order chi connectivity index (χ0) is 42.0. The Morgan fingerprint density at radius 1 is 0.557 bits per heavy atom. The molecule has 61 heavy (non-hydrogen) atoms. The maximum absolute atomic E-state index is 6.57. The highest BCUT2D eigenvalue weighted by Gasteiger charge is 2.71. The minimum atomic E-state index is -0.793. The van der Waals surface area contributed by atoms with Crippen LogP contribution in [0.15, 0.2) is 12.4 Å². The largest absolute Gasteiger partial charge is 0.346 e. The first-order valence-corrected chi connectivity index (χ1v) is 23.9. The molecule has 8 saturated heterocycles. The van der Waals surface area contributed by atoms with Crippen LogP contribution in [0.1, 0.15) is 149 Å². The molecule has 2 aromatic heterocycles. The van der Waals surface area contributed by atoms with Crippen LogP contribution in [0.25, 0.3) is 0 Å². The number of rotatable bonds is 16. The van der Waals surface area contributed by atoms with Crippen molar-refractivity contribution < 1.29 is 48.0 Å². The van der Waals surface area contributed by atoms with Gasteiger partial charge in [0.25, 0.3) is 0 Å². The third-order valence-electron chi connectivity index (χ3n) is 16.4. The summed E-state index contributed by atoms with van der Waals surface area (Å²) in [5.41, 5.74) is 0.460. The van der Waals surface area contributed by atoms with Crippen LogP contribution >= 0.6 is 0 Å². The molecule has 0 radical (unpaired) electrons. The van der Waals surface area contributed by atoms with Crippen LogP contribution in [0.4, 0.5) is 0 Å². The van der Waals surface area contributed by atoms with Crippen molar-refractivity contribution in [1.29, 1.82) is 0 Å². The summed E-state index contributed by atoms with van der Waals surface area (Å²) in [7, 11) is 0. The van der Waals surface area contributed by atoms with E-state index in [4.69, 9.17) is 48.0 Å². The highest BCUT2D eigenvalue weighted by atomic mass is 17.3. The molecular weight excluding hydrogens is 785 g/mol. The van der Waals surface area contributed by atoms with Gasteiger partial charge in [-0.1, -0.05) is 70.2 Å². The highest BCUT2D eigenvalue weighted by Crippen LogP contribution is 2.62. The van der Waals surface area contributed by atoms with Crippen molar-refractivity contribution in [2.75, 3.05) is 0 Å². The predicted molar refractivity (Wildman–Crippen MR) is 216 cm³/mol. The number of ether oxygens (including phenoxy) is 6. The lowest BCUT2D eigenvalue weighted by Crippen LogP contribution is -2.70. The Hall–Kier alpha value is -2.12. The Kier molecular flexibility index (Phi) is 11.9. The van der Waals surface area contributed by atoms with Gasteiger partial charge in [-0.3, -0.25) is 9.36 Å². The second kappa shape index (κ2) is 17.0. The molecule has 2 aliphatic carbocycles. The van der Waals surface area contributed by atoms with Gasteiger partial charge in [-0.25, -0.2) is 19.6 Å². The molecule has 8 aliphatic heterocycles. The number of hydrogen-bond acceptors (Lipinski definition) is 14. The lowest BCUT2D eigenvalue weighted by molar-refractivity contribution is -0.577. The molecule has 4 bridgehead atoms. The molecular formula is C45H70N6O10. The summed E-state index contributed by atoms with van der Waals surface area (Å²) in [6.45, 7) is 15.4. The molecule has 12 rings (SSSR count). The van der Waals surface area contributed by atoms with Gasteiger partial charge in [-0.15, -0.1) is 10.2 Å². The fraction of sp³-hybridized carbons (Fsp3) is 0.911. The Balaban J connectivity index is 0.605. The van der Waals surface area contributed by atoms with Crippen LogP contribution in [0.3, 0.4) is 0 Å². The van der Waals surface area contributed by atoms with E-state index < -0.39 is 47.9 Å². The van der Waals surface area contributed by atoms with Gasteiger partial charge in [-0.2, -0.15) is 0 Å². The average molecular weight is 855 g/mol. The van der Waals surface area contributed by atoms with Gasteiger partial charge >= 0.3 is 0 Å². The first kappa shape index (κ1) is 42.8. The standard InChI is InChI=1S/C45H70N6O10/c1-28-14-16-36-30(3)38(54-40-44(36)34(28)18-20-42(5,56-40)58-60-44)52-26-32-24-50(48-46-32)22-12-10-8-7-9-11-13-23-51-25-33(47-49-51)27-53-39-31(4)37-17-15-29(2)35-19-21-43(6)57-41(55-39)45(35,37)61-59-43/h24-25,28-31,34-41H,7-23,26-27H2,1-6H3/t28-,29-,30-,31-,34+,35+,36+,37+,38-,39-,40-,41-,42+,43+,44-,45-/m1/s1. The monoisotopic (exact) mass is 855 g/mol. The SMILES string of the molecule is C[C@H]1[C@H](OCc2cn(CCCCCCCCCn3cc(CO[C@@H]4O[C@@H]5O[C@]6(C)CC[C@H]7[C@H](C)CC[C@@H]([C@H]4C)[C@@]57OO6)nn3)nn2)O[C@@H]2O[C@]3(C)CC[C@H]4[C@H](C)CC[C@@H]1[C@@]24OO3. The van der Waals surface area contributed by atoms with Crippen LogP contribution in [0.5, 0.6) is 0 Å². The third-order valence-corrected chi connectivity index (χ3v) is 16.4. The maximum Gasteiger partial charge on any atom is 0.201 e. The Morgan fingerprint density at radius 3 is 1.43 bits per heavy atom. The van der Waals surface area contributed by atoms with Gasteiger partial charge in [0, 0.05) is 49.6 Å². The summed E-state index contributed by atoms with van der Waals surface area (Å²) in [5, 5.41) is 17.6. The molecule has 10 aliphatic rings. The van der Waals surface area contributed by atoms with E-state index in [1.165, 1.54) is 32.1 Å². The van der Waals surface area contributed by atoms with Gasteiger partial charge in [-0.05, 0) is 88.9 Å². The van der Waals surface area contributed by atoms with Crippen LogP contribution in [-0.2, 0) is 74.3 Å². The van der Waals surface area contributed by atoms with Gasteiger partial charge in [0.05, 0.1) is 25.6 Å². The molecule has 2 aromatic rings. The highest BCUT2D eigenvalue weighted by molar-refractivity contribution is 5.11. The fourth-order valence-corrected chi connectivity index (χ4v) is 12.9. The summed E-state index contributed by atoms with van der Waals surface area (Å²) >= 11 is 0. The normalized spacial score (nSPS) is 45.0. The molecule has 16 heteroatoms. The zero-order valence-electron chi connectivity index (χ0n) is 37.3. The van der Waals surface area contributed by atoms with E-state index in [1.54, 1.807) is 0 Å². The quantitative estimate of drug-likeness (QED) is 0.119. The van der Waals surface area contributed by atoms with E-state index in [1.807, 2.05) is 35.6 Å². The molecule has 10 fully saturated rings. The van der Waals surface area contributed by atoms with Crippen molar-refractivity contribution >= 4 is 0 Å². The van der Waals surface area contributed by atoms with Crippen LogP contribution in [0.2, 0.25) is 0 Å². The van der Waals surface area contributed by atoms with Gasteiger partial charge < -0.3 is 28.4 Å². The van der Waals surface area contributed by atoms with Crippen molar-refractivity contribution in [2.24, 2.45) is 47.3 Å². The first-order chi connectivity index (χ1) is 29.5. The molecule has 0 N–H and O–H groups in total. The summed E-state index contributed by atoms with van der Waals surface area (Å²) in [4.78, 5) is 24.4. The molecule has 16 atom stereocenters. The molecule has 0 amide bonds. The van der Waals surface area contributed by atoms with Crippen molar-refractivity contribution in [2.45, 2.75) is 212 Å². The first-order valence-electron chi connectivity index (χ1n) is 23.9. The Bertz CT molecular complexity index is 1690. The minimum absolute atomic E-state index is 0.130.